The number of amides is 6. The molecule has 8 bridgehead atoms. The van der Waals surface area contributed by atoms with Gasteiger partial charge in [0.1, 0.15) is 70.3 Å². The van der Waals surface area contributed by atoms with Crippen LogP contribution >= 0.6 is 44.8 Å². The van der Waals surface area contributed by atoms with E-state index in [1.54, 1.807) is 73.0 Å². The van der Waals surface area contributed by atoms with Crippen molar-refractivity contribution in [3.05, 3.63) is 98.6 Å². The van der Waals surface area contributed by atoms with Crippen molar-refractivity contribution in [3.63, 3.8) is 0 Å². The number of benzene rings is 2. The van der Waals surface area contributed by atoms with Crippen molar-refractivity contribution in [3.8, 4) is 5.75 Å². The SMILES string of the molecule is COc1cc2cc(c1Cl)N(C)C(=O)CC(OC(=O)C(C)N(C)C(=O)CCSSCCC(=O)N(C)C(C)C(=O)OC1CC(=O)N(C)c3cc(cc(C)c3Cl)C/C(C)=C/C=C/C(C)C3(O)CC(OC(=O)N3)C(C)C3OC13C)C1(C)OC1C(C)C1CC(O)(NC(=O)O1)C(OC)/C=C/C=C(\C)C2. The van der Waals surface area contributed by atoms with Crippen LogP contribution in [0.25, 0.3) is 0 Å². The van der Waals surface area contributed by atoms with E-state index in [0.717, 1.165) is 27.8 Å². The molecule has 4 fully saturated rings. The zero-order chi connectivity index (χ0) is 72.3. The van der Waals surface area contributed by atoms with E-state index in [4.69, 9.17) is 61.1 Å². The van der Waals surface area contributed by atoms with Gasteiger partial charge in [0.05, 0.1) is 48.6 Å². The maximum Gasteiger partial charge on any atom is 0.409 e. The van der Waals surface area contributed by atoms with Gasteiger partial charge in [-0.1, -0.05) is 119 Å². The number of carbonyl (C=O) groups excluding carboxylic acids is 8. The molecule has 0 radical (unpaired) electrons. The molecule has 0 spiro atoms. The number of nitrogens with one attached hydrogen (secondary N) is 2. The van der Waals surface area contributed by atoms with E-state index >= 15 is 0 Å². The number of ether oxygens (including phenoxy) is 8. The molecule has 6 amide bonds. The summed E-state index contributed by atoms with van der Waals surface area (Å²) in [5.41, 5.74) is -1.13. The standard InChI is InChI=1S/C70H94Cl2N6O18S2/c1-37-19-17-21-40(4)69(87)35-50(91-65(85)73-69)41(5)61-67(9,95-61)53(33-57(81)77(13)47-30-45(27-37)29-39(3)59(47)71)93-63(83)43(7)75(11)55(79)23-25-97-98-26-24-56(80)76(12)44(8)64(84)94-54-34-58(82)78(14)48-31-46(32-49(89-15)60(48)72)28-38(2)20-18-22-52(90-16)70(88)36-51(92-66(86)74-70)42(6)62-68(54,10)96-62/h17-22,29-32,40-44,50-54,61-62,87-88H,23-28,33-36H2,1-16H3,(H,73,85)(H,74,86)/b21-17+,22-18+,37-19+,38-20+. The first-order valence-corrected chi connectivity index (χ1v) is 36.1. The Morgan fingerprint density at radius 2 is 1.10 bits per heavy atom. The van der Waals surface area contributed by atoms with E-state index in [2.05, 4.69) is 10.6 Å². The highest BCUT2D eigenvalue weighted by Gasteiger charge is 2.66. The highest BCUT2D eigenvalue weighted by atomic mass is 35.5. The minimum atomic E-state index is -1.90. The monoisotopic (exact) mass is 1440 g/mol. The lowest BCUT2D eigenvalue weighted by Crippen LogP contribution is -2.63. The van der Waals surface area contributed by atoms with Gasteiger partial charge in [-0.2, -0.15) is 0 Å². The number of epoxide rings is 2. The molecule has 28 heteroatoms. The summed E-state index contributed by atoms with van der Waals surface area (Å²) in [5.74, 6) is -4.13. The molecule has 2 aromatic rings. The van der Waals surface area contributed by atoms with Gasteiger partial charge in [0.15, 0.2) is 5.72 Å². The summed E-state index contributed by atoms with van der Waals surface area (Å²) in [4.78, 5) is 116. The Kier molecular flexibility index (Phi) is 25.0. The number of rotatable bonds is 15. The third-order valence-corrected chi connectivity index (χ3v) is 23.3. The van der Waals surface area contributed by atoms with E-state index < -0.39 is 143 Å². The molecule has 16 atom stereocenters. The number of nitrogens with zero attached hydrogens (tertiary/aromatic N) is 4. The van der Waals surface area contributed by atoms with Crippen molar-refractivity contribution < 1.29 is 86.5 Å². The van der Waals surface area contributed by atoms with Gasteiger partial charge in [-0.25, -0.2) is 19.2 Å². The number of esters is 2. The molecule has 4 N–H and O–H groups in total. The second-order valence-corrected chi connectivity index (χ2v) is 30.7. The van der Waals surface area contributed by atoms with Gasteiger partial charge in [0.25, 0.3) is 0 Å². The van der Waals surface area contributed by atoms with E-state index in [1.165, 1.54) is 83.3 Å². The Balaban J connectivity index is 0.880. The molecule has 0 aromatic heterocycles. The Labute approximate surface area is 591 Å². The van der Waals surface area contributed by atoms with Gasteiger partial charge < -0.3 is 67.7 Å². The summed E-state index contributed by atoms with van der Waals surface area (Å²) in [5, 5.41) is 29.5. The van der Waals surface area contributed by atoms with Crippen LogP contribution in [0, 0.1) is 24.7 Å². The first-order valence-electron chi connectivity index (χ1n) is 32.8. The van der Waals surface area contributed by atoms with Gasteiger partial charge in [-0.05, 0) is 96.2 Å². The number of anilines is 2. The molecule has 98 heavy (non-hydrogen) atoms. The lowest BCUT2D eigenvalue weighted by Gasteiger charge is -2.42. The normalized spacial score (nSPS) is 33.0. The van der Waals surface area contributed by atoms with Crippen LogP contribution in [0.1, 0.15) is 118 Å². The number of methoxy groups -OCH3 is 2. The first-order chi connectivity index (χ1) is 46.0. The predicted molar refractivity (Wildman–Crippen MR) is 373 cm³/mol. The highest BCUT2D eigenvalue weighted by molar-refractivity contribution is 8.76. The number of hydrogen-bond donors (Lipinski definition) is 4. The quantitative estimate of drug-likeness (QED) is 0.0425. The Morgan fingerprint density at radius 1 is 0.673 bits per heavy atom. The summed E-state index contributed by atoms with van der Waals surface area (Å²) in [6, 6.07) is 5.06. The first kappa shape index (κ1) is 77.4. The van der Waals surface area contributed by atoms with Gasteiger partial charge in [-0.3, -0.25) is 29.8 Å². The average molecular weight is 1440 g/mol. The zero-order valence-corrected chi connectivity index (χ0v) is 61.7. The van der Waals surface area contributed by atoms with E-state index in [0.29, 0.717) is 46.5 Å². The number of hydrogen-bond acceptors (Lipinski definition) is 20. The van der Waals surface area contributed by atoms with Crippen molar-refractivity contribution in [1.29, 1.82) is 0 Å². The Morgan fingerprint density at radius 3 is 1.56 bits per heavy atom. The number of aryl methyl sites for hydroxylation is 1. The highest BCUT2D eigenvalue weighted by Crippen LogP contribution is 2.51. The number of allylic oxidation sites excluding steroid dienone is 6. The number of halogens is 2. The van der Waals surface area contributed by atoms with Gasteiger partial charge in [0.2, 0.25) is 23.6 Å². The summed E-state index contributed by atoms with van der Waals surface area (Å²) in [7, 11) is 11.6. The number of likely N-dealkylation sites (N-methyl/N-ethyl adjacent to an activating group) is 2. The van der Waals surface area contributed by atoms with Crippen LogP contribution in [-0.4, -0.2) is 199 Å². The Bertz CT molecular complexity index is 3520. The summed E-state index contributed by atoms with van der Waals surface area (Å²) in [6.45, 7) is 17.5. The van der Waals surface area contributed by atoms with E-state index in [-0.39, 0.29) is 43.0 Å². The fourth-order valence-corrected chi connectivity index (χ4v) is 15.6. The third kappa shape index (κ3) is 17.5. The lowest BCUT2D eigenvalue weighted by molar-refractivity contribution is -0.162. The topological polar surface area (TPSA) is 294 Å². The number of carbonyl (C=O) groups is 8. The van der Waals surface area contributed by atoms with Crippen LogP contribution in [-0.2, 0) is 74.8 Å². The molecule has 6 aliphatic rings. The van der Waals surface area contributed by atoms with Crippen LogP contribution < -0.4 is 25.2 Å². The molecule has 8 rings (SSSR count). The number of aliphatic hydroxyl groups is 2. The van der Waals surface area contributed by atoms with Gasteiger partial charge in [-0.15, -0.1) is 0 Å². The number of fused-ring (bicyclic) bond motifs is 10. The lowest BCUT2D eigenvalue weighted by atomic mass is 9.82. The van der Waals surface area contributed by atoms with Crippen molar-refractivity contribution >= 4 is 104 Å². The van der Waals surface area contributed by atoms with Crippen LogP contribution in [0.5, 0.6) is 5.75 Å². The van der Waals surface area contributed by atoms with Crippen LogP contribution in [0.3, 0.4) is 0 Å². The van der Waals surface area contributed by atoms with E-state index in [9.17, 15) is 48.6 Å². The van der Waals surface area contributed by atoms with Crippen LogP contribution in [0.15, 0.2) is 71.9 Å². The second kappa shape index (κ2) is 31.7. The molecule has 6 aliphatic heterocycles. The molecule has 0 saturated carbocycles. The second-order valence-electron chi connectivity index (χ2n) is 27.2. The van der Waals surface area contributed by atoms with Crippen LogP contribution in [0.4, 0.5) is 21.0 Å². The summed E-state index contributed by atoms with van der Waals surface area (Å²) < 4.78 is 47.9. The largest absolute Gasteiger partial charge is 0.495 e. The van der Waals surface area contributed by atoms with Gasteiger partial charge in [0, 0.05) is 90.2 Å². The van der Waals surface area contributed by atoms with Crippen LogP contribution in [0.2, 0.25) is 10.0 Å². The van der Waals surface area contributed by atoms with Crippen molar-refractivity contribution in [1.82, 2.24) is 20.4 Å². The van der Waals surface area contributed by atoms with E-state index in [1.807, 2.05) is 57.2 Å². The van der Waals surface area contributed by atoms with Crippen molar-refractivity contribution in [2.45, 2.75) is 198 Å². The average Bonchev–Trinajstić information content (AvgIpc) is 1.56. The Hall–Kier alpha value is -6.36. The molecule has 538 valence electrons. The maximum absolute atomic E-state index is 14.5. The molecule has 2 aromatic carbocycles. The molecule has 4 saturated heterocycles. The summed E-state index contributed by atoms with van der Waals surface area (Å²) >= 11 is 13.7. The third-order valence-electron chi connectivity index (χ3n) is 20.1. The molecular weight excluding hydrogens is 1350 g/mol. The maximum atomic E-state index is 14.5. The molecule has 16 unspecified atom stereocenters. The van der Waals surface area contributed by atoms with Crippen molar-refractivity contribution in [2.75, 3.05) is 63.7 Å². The molecule has 6 heterocycles. The molecular formula is C70H94Cl2N6O18S2. The fourth-order valence-electron chi connectivity index (χ4n) is 13.1. The molecule has 0 aliphatic carbocycles. The minimum Gasteiger partial charge on any atom is -0.495 e. The fraction of sp³-hybridized carbons (Fsp3) is 0.600. The smallest absolute Gasteiger partial charge is 0.409 e. The van der Waals surface area contributed by atoms with Gasteiger partial charge >= 0.3 is 24.1 Å². The number of alkyl carbamates (subject to hydrolysis) is 2. The minimum absolute atomic E-state index is 0.00363. The van der Waals surface area contributed by atoms with Crippen molar-refractivity contribution in [2.24, 2.45) is 17.8 Å². The zero-order valence-electron chi connectivity index (χ0n) is 58.6. The predicted octanol–water partition coefficient (Wildman–Crippen LogP) is 9.13. The summed E-state index contributed by atoms with van der Waals surface area (Å²) in [6.07, 6.45) is 2.45. The molecule has 24 nitrogen and oxygen atoms in total.